The normalized spacial score (nSPS) is 12.0. The molecular weight excluding hydrogens is 1230 g/mol. The number of furan rings is 2. The molecule has 0 unspecified atom stereocenters. The molecule has 0 atom stereocenters. The molecule has 0 saturated heterocycles. The van der Waals surface area contributed by atoms with E-state index >= 15 is 0 Å². The van der Waals surface area contributed by atoms with Gasteiger partial charge in [0.1, 0.15) is 28.2 Å². The molecule has 4 heterocycles. The Morgan fingerprint density at radius 2 is 0.554 bits per heavy atom. The van der Waals surface area contributed by atoms with Crippen molar-refractivity contribution in [2.24, 2.45) is 0 Å². The lowest BCUT2D eigenvalue weighted by molar-refractivity contribution is 0.669. The largest absolute Gasteiger partial charge is 0.456 e. The minimum atomic E-state index is 0.588. The molecule has 7 nitrogen and oxygen atoms in total. The van der Waals surface area contributed by atoms with Gasteiger partial charge in [0.25, 0.3) is 0 Å². The summed E-state index contributed by atoms with van der Waals surface area (Å²) in [4.78, 5) is 21.3. The lowest BCUT2D eigenvalue weighted by Crippen LogP contribution is -2.01. The van der Waals surface area contributed by atoms with Crippen molar-refractivity contribution in [1.29, 1.82) is 0 Å². The highest BCUT2D eigenvalue weighted by molar-refractivity contribution is 6.24. The van der Waals surface area contributed by atoms with E-state index in [0.29, 0.717) is 17.5 Å². The van der Waals surface area contributed by atoms with Gasteiger partial charge in [-0.05, 0) is 182 Å². The summed E-state index contributed by atoms with van der Waals surface area (Å²) in [5.74, 6) is 2.66. The summed E-state index contributed by atoms with van der Waals surface area (Å²) in [6, 6.07) is 119. The van der Waals surface area contributed by atoms with Gasteiger partial charge in [0.15, 0.2) is 17.5 Å². The molecule has 21 rings (SSSR count). The predicted octanol–water partition coefficient (Wildman–Crippen LogP) is 25.3. The van der Waals surface area contributed by atoms with Gasteiger partial charge in [-0.25, -0.2) is 19.9 Å². The summed E-state index contributed by atoms with van der Waals surface area (Å²) in [7, 11) is 0. The molecule has 0 amide bonds. The van der Waals surface area contributed by atoms with Crippen molar-refractivity contribution in [1.82, 2.24) is 24.5 Å². The third-order valence-corrected chi connectivity index (χ3v) is 20.6. The van der Waals surface area contributed by atoms with E-state index in [9.17, 15) is 0 Å². The van der Waals surface area contributed by atoms with Crippen molar-refractivity contribution in [3.05, 3.63) is 334 Å². The Labute approximate surface area is 578 Å². The number of hydrogen-bond acceptors (Lipinski definition) is 6. The lowest BCUT2D eigenvalue weighted by atomic mass is 9.86. The van der Waals surface area contributed by atoms with E-state index in [4.69, 9.17) is 28.8 Å². The summed E-state index contributed by atoms with van der Waals surface area (Å²) in [6.07, 6.45) is 0. The first kappa shape index (κ1) is 56.5. The summed E-state index contributed by atoms with van der Waals surface area (Å²) >= 11 is 0. The lowest BCUT2D eigenvalue weighted by Gasteiger charge is -2.18. The summed E-state index contributed by atoms with van der Waals surface area (Å²) < 4.78 is 15.6. The molecule has 0 bridgehead atoms. The fourth-order valence-corrected chi connectivity index (χ4v) is 15.9. The Bertz CT molecular complexity index is 6870. The zero-order valence-corrected chi connectivity index (χ0v) is 54.3. The van der Waals surface area contributed by atoms with Gasteiger partial charge < -0.3 is 8.83 Å². The molecular formula is C94H55N5O2. The number of imidazole rings is 1. The number of nitrogens with zero attached hydrogens (tertiary/aromatic N) is 5. The van der Waals surface area contributed by atoms with Crippen LogP contribution in [-0.4, -0.2) is 24.5 Å². The van der Waals surface area contributed by atoms with Crippen LogP contribution in [0.3, 0.4) is 0 Å². The van der Waals surface area contributed by atoms with Crippen molar-refractivity contribution in [3.8, 4) is 95.7 Å². The second-order valence-corrected chi connectivity index (χ2v) is 26.3. The average molecular weight is 1290 g/mol. The van der Waals surface area contributed by atoms with Crippen LogP contribution >= 0.6 is 0 Å². The number of benzene rings is 17. The second-order valence-electron chi connectivity index (χ2n) is 26.3. The molecule has 21 aromatic rings. The maximum Gasteiger partial charge on any atom is 0.165 e. The summed E-state index contributed by atoms with van der Waals surface area (Å²) in [6.45, 7) is 0. The molecule has 101 heavy (non-hydrogen) atoms. The zero-order valence-electron chi connectivity index (χ0n) is 54.3. The van der Waals surface area contributed by atoms with Crippen molar-refractivity contribution in [2.45, 2.75) is 0 Å². The highest BCUT2D eigenvalue weighted by Gasteiger charge is 2.24. The summed E-state index contributed by atoms with van der Waals surface area (Å²) in [5.41, 5.74) is 19.2. The Hall–Kier alpha value is -13.6. The third kappa shape index (κ3) is 9.14. The Morgan fingerprint density at radius 3 is 1.04 bits per heavy atom. The van der Waals surface area contributed by atoms with E-state index < -0.39 is 0 Å². The van der Waals surface area contributed by atoms with Gasteiger partial charge in [-0.1, -0.05) is 261 Å². The molecule has 468 valence electrons. The van der Waals surface area contributed by atoms with Crippen molar-refractivity contribution in [3.63, 3.8) is 0 Å². The first-order valence-corrected chi connectivity index (χ1v) is 34.2. The number of hydrogen-bond donors (Lipinski definition) is 0. The number of fused-ring (bicyclic) bond motifs is 13. The average Bonchev–Trinajstić information content (AvgIpc) is 1.71. The van der Waals surface area contributed by atoms with Crippen molar-refractivity contribution < 1.29 is 8.83 Å². The van der Waals surface area contributed by atoms with Crippen LogP contribution in [0, 0.1) is 0 Å². The SMILES string of the molecule is c1ccc(-c2nc(-c3ccc(-c4ccc(-c5nc6ccccc6n5-c5ccc(-c6c7ccccc7c(-c7ccc8c(c7)oc7cc9ccccc9cc78)c7ccccc67)cc5)cc4)cc3)nc(-c3c4ccccc4c(-c4ccc5c(c4)oc4cc6ccccc6cc45)c4ccccc34)n2)cc1. The van der Waals surface area contributed by atoms with Crippen LogP contribution in [0.25, 0.3) is 215 Å². The van der Waals surface area contributed by atoms with Gasteiger partial charge in [-0.15, -0.1) is 0 Å². The van der Waals surface area contributed by atoms with Crippen LogP contribution in [0.15, 0.2) is 342 Å². The van der Waals surface area contributed by atoms with Crippen molar-refractivity contribution in [2.75, 3.05) is 0 Å². The molecule has 0 spiro atoms. The molecule has 0 aliphatic rings. The first-order valence-electron chi connectivity index (χ1n) is 34.2. The number of rotatable bonds is 9. The molecule has 0 N–H and O–H groups in total. The molecule has 4 aromatic heterocycles. The van der Waals surface area contributed by atoms with Crippen LogP contribution in [-0.2, 0) is 0 Å². The minimum Gasteiger partial charge on any atom is -0.456 e. The van der Waals surface area contributed by atoms with Crippen LogP contribution < -0.4 is 0 Å². The van der Waals surface area contributed by atoms with E-state index in [2.05, 4.69) is 320 Å². The van der Waals surface area contributed by atoms with Gasteiger partial charge in [-0.2, -0.15) is 0 Å². The Morgan fingerprint density at radius 1 is 0.208 bits per heavy atom. The van der Waals surface area contributed by atoms with Crippen molar-refractivity contribution >= 4 is 120 Å². The van der Waals surface area contributed by atoms with Gasteiger partial charge in [0.05, 0.1) is 11.0 Å². The van der Waals surface area contributed by atoms with Gasteiger partial charge in [0, 0.05) is 49.5 Å². The van der Waals surface area contributed by atoms with Gasteiger partial charge >= 0.3 is 0 Å². The Balaban J connectivity index is 0.614. The molecule has 0 radical (unpaired) electrons. The highest BCUT2D eigenvalue weighted by atomic mass is 16.3. The fourth-order valence-electron chi connectivity index (χ4n) is 15.9. The monoisotopic (exact) mass is 1290 g/mol. The topological polar surface area (TPSA) is 82.8 Å². The van der Waals surface area contributed by atoms with Gasteiger partial charge in [0.2, 0.25) is 0 Å². The molecule has 0 aliphatic carbocycles. The Kier molecular flexibility index (Phi) is 12.6. The minimum absolute atomic E-state index is 0.588. The standard InChI is InChI=1S/C94H55N5O2/c1-2-18-59(19-3-1)91-96-92(98-93(97-91)90-77-30-14-12-28-75(77)89(76-29-13-15-31-78(76)90)67-45-49-70-80-51-63-21-5-7-23-65(63)53-86(80)101-84(70)55-67)60-38-34-56(35-39-60)57-36-40-61(41-37-57)94-95-81-32-16-17-33-82(81)99(94)68-46-42-58(43-47-68)87-71-24-8-10-26-73(71)88(74-27-11-9-25-72(74)87)66-44-48-69-79-50-62-20-4-6-22-64(62)52-85(79)100-83(69)54-66/h1-55H. The number of aromatic nitrogens is 5. The molecule has 0 aliphatic heterocycles. The molecule has 17 aromatic carbocycles. The predicted molar refractivity (Wildman–Crippen MR) is 418 cm³/mol. The zero-order chi connectivity index (χ0) is 66.2. The maximum atomic E-state index is 6.65. The fraction of sp³-hybridized carbons (Fsp3) is 0. The molecule has 0 saturated carbocycles. The van der Waals surface area contributed by atoms with Crippen LogP contribution in [0.1, 0.15) is 0 Å². The van der Waals surface area contributed by atoms with Crippen LogP contribution in [0.4, 0.5) is 0 Å². The first-order chi connectivity index (χ1) is 50.0. The van der Waals surface area contributed by atoms with Gasteiger partial charge in [-0.3, -0.25) is 4.57 Å². The smallest absolute Gasteiger partial charge is 0.165 e. The maximum absolute atomic E-state index is 6.65. The van der Waals surface area contributed by atoms with E-state index in [-0.39, 0.29) is 0 Å². The van der Waals surface area contributed by atoms with E-state index in [1.165, 1.54) is 48.8 Å². The van der Waals surface area contributed by atoms with Crippen LogP contribution in [0.5, 0.6) is 0 Å². The van der Waals surface area contributed by atoms with Crippen LogP contribution in [0.2, 0.25) is 0 Å². The molecule has 7 heteroatoms. The molecule has 0 fully saturated rings. The quantitative estimate of drug-likeness (QED) is 0.134. The van der Waals surface area contributed by atoms with E-state index in [1.54, 1.807) is 0 Å². The number of para-hydroxylation sites is 2. The van der Waals surface area contributed by atoms with E-state index in [0.717, 1.165) is 149 Å². The summed E-state index contributed by atoms with van der Waals surface area (Å²) in [5, 5.41) is 18.2. The van der Waals surface area contributed by atoms with E-state index in [1.807, 2.05) is 18.2 Å². The third-order valence-electron chi connectivity index (χ3n) is 20.6. The second kappa shape index (κ2) is 22.5. The highest BCUT2D eigenvalue weighted by Crippen LogP contribution is 2.48.